The molecule has 2 N–H and O–H groups in total. The first-order valence-electron chi connectivity index (χ1n) is 10.2. The van der Waals surface area contributed by atoms with Gasteiger partial charge in [-0.25, -0.2) is 4.79 Å². The second kappa shape index (κ2) is 8.00. The van der Waals surface area contributed by atoms with E-state index in [0.717, 1.165) is 29.8 Å². The van der Waals surface area contributed by atoms with Gasteiger partial charge in [-0.05, 0) is 53.7 Å². The molecule has 11 heteroatoms. The molecule has 11 nitrogen and oxygen atoms in total. The van der Waals surface area contributed by atoms with Gasteiger partial charge in [-0.1, -0.05) is 6.07 Å². The molecular formula is C21H23N7O4. The Morgan fingerprint density at radius 3 is 2.97 bits per heavy atom. The summed E-state index contributed by atoms with van der Waals surface area (Å²) in [5.74, 6) is 2.55. The van der Waals surface area contributed by atoms with Crippen LogP contribution in [0.5, 0.6) is 17.2 Å². The van der Waals surface area contributed by atoms with Crippen LogP contribution in [-0.2, 0) is 6.42 Å². The zero-order valence-corrected chi connectivity index (χ0v) is 18.0. The summed E-state index contributed by atoms with van der Waals surface area (Å²) in [4.78, 5) is 13.9. The van der Waals surface area contributed by atoms with E-state index in [2.05, 4.69) is 31.1 Å². The van der Waals surface area contributed by atoms with Gasteiger partial charge in [0.05, 0.1) is 12.8 Å². The quantitative estimate of drug-likeness (QED) is 0.634. The Balaban J connectivity index is 1.61. The van der Waals surface area contributed by atoms with Crippen LogP contribution in [0.2, 0.25) is 0 Å². The van der Waals surface area contributed by atoms with Crippen molar-refractivity contribution in [1.82, 2.24) is 30.4 Å². The fourth-order valence-electron chi connectivity index (χ4n) is 4.22. The van der Waals surface area contributed by atoms with Crippen molar-refractivity contribution >= 4 is 11.7 Å². The molecule has 3 aromatic rings. The van der Waals surface area contributed by atoms with E-state index < -0.39 is 0 Å². The number of tetrazole rings is 1. The third-order valence-corrected chi connectivity index (χ3v) is 5.71. The minimum absolute atomic E-state index is 0.165. The first kappa shape index (κ1) is 20.1. The van der Waals surface area contributed by atoms with Crippen LogP contribution in [0.4, 0.5) is 10.5 Å². The number of fused-ring (bicyclic) bond motifs is 2. The third kappa shape index (κ3) is 3.26. The highest BCUT2D eigenvalue weighted by Gasteiger charge is 2.37. The van der Waals surface area contributed by atoms with Crippen LogP contribution >= 0.6 is 0 Å². The molecule has 166 valence electrons. The van der Waals surface area contributed by atoms with Crippen LogP contribution in [0, 0.1) is 0 Å². The SMILES string of the molecule is CNC(=O)Nc1cccc(-n2nnnc2[C@@H]2c3c(cc4c(c3OC)OCO4)CCN2C)c1. The van der Waals surface area contributed by atoms with Crippen LogP contribution in [-0.4, -0.2) is 65.7 Å². The van der Waals surface area contributed by atoms with Crippen LogP contribution < -0.4 is 24.8 Å². The summed E-state index contributed by atoms with van der Waals surface area (Å²) in [5.41, 5.74) is 3.42. The van der Waals surface area contributed by atoms with Gasteiger partial charge < -0.3 is 24.8 Å². The van der Waals surface area contributed by atoms with E-state index in [1.807, 2.05) is 31.3 Å². The van der Waals surface area contributed by atoms with Gasteiger partial charge in [0.2, 0.25) is 12.5 Å². The Hall–Kier alpha value is -3.86. The molecule has 2 aliphatic heterocycles. The predicted molar refractivity (Wildman–Crippen MR) is 115 cm³/mol. The number of aromatic nitrogens is 4. The molecule has 1 atom stereocenters. The van der Waals surface area contributed by atoms with Crippen molar-refractivity contribution in [3.63, 3.8) is 0 Å². The number of rotatable bonds is 4. The molecule has 0 bridgehead atoms. The van der Waals surface area contributed by atoms with Crippen molar-refractivity contribution in [2.75, 3.05) is 39.9 Å². The zero-order valence-electron chi connectivity index (χ0n) is 18.0. The van der Waals surface area contributed by atoms with Crippen molar-refractivity contribution in [1.29, 1.82) is 0 Å². The fourth-order valence-corrected chi connectivity index (χ4v) is 4.22. The molecule has 0 radical (unpaired) electrons. The maximum absolute atomic E-state index is 11.7. The lowest BCUT2D eigenvalue weighted by Crippen LogP contribution is -2.35. The lowest BCUT2D eigenvalue weighted by molar-refractivity contribution is 0.170. The highest BCUT2D eigenvalue weighted by Crippen LogP contribution is 2.50. The number of likely N-dealkylation sites (N-methyl/N-ethyl adjacent to an activating group) is 1. The van der Waals surface area contributed by atoms with E-state index in [9.17, 15) is 4.79 Å². The topological polar surface area (TPSA) is 116 Å². The average Bonchev–Trinajstić information content (AvgIpc) is 3.47. The minimum atomic E-state index is -0.305. The van der Waals surface area contributed by atoms with Crippen molar-refractivity contribution in [3.8, 4) is 22.9 Å². The largest absolute Gasteiger partial charge is 0.492 e. The van der Waals surface area contributed by atoms with Crippen molar-refractivity contribution in [2.24, 2.45) is 0 Å². The molecule has 0 spiro atoms. The predicted octanol–water partition coefficient (Wildman–Crippen LogP) is 1.73. The number of amides is 2. The molecule has 1 aromatic heterocycles. The highest BCUT2D eigenvalue weighted by molar-refractivity contribution is 5.89. The first-order chi connectivity index (χ1) is 15.6. The minimum Gasteiger partial charge on any atom is -0.492 e. The number of urea groups is 1. The molecule has 0 saturated carbocycles. The smallest absolute Gasteiger partial charge is 0.318 e. The van der Waals surface area contributed by atoms with Crippen LogP contribution in [0.15, 0.2) is 30.3 Å². The third-order valence-electron chi connectivity index (χ3n) is 5.71. The number of hydrogen-bond acceptors (Lipinski definition) is 8. The van der Waals surface area contributed by atoms with E-state index >= 15 is 0 Å². The van der Waals surface area contributed by atoms with Gasteiger partial charge in [0.15, 0.2) is 17.3 Å². The summed E-state index contributed by atoms with van der Waals surface area (Å²) in [7, 11) is 5.22. The summed E-state index contributed by atoms with van der Waals surface area (Å²) in [6.07, 6.45) is 0.836. The molecule has 32 heavy (non-hydrogen) atoms. The van der Waals surface area contributed by atoms with Gasteiger partial charge in [0.1, 0.15) is 6.04 Å². The van der Waals surface area contributed by atoms with E-state index in [1.165, 1.54) is 0 Å². The Morgan fingerprint density at radius 1 is 1.28 bits per heavy atom. The zero-order chi connectivity index (χ0) is 22.2. The van der Waals surface area contributed by atoms with Gasteiger partial charge in [-0.3, -0.25) is 4.90 Å². The molecule has 0 saturated heterocycles. The van der Waals surface area contributed by atoms with E-state index in [4.69, 9.17) is 14.2 Å². The van der Waals surface area contributed by atoms with Crippen LogP contribution in [0.3, 0.4) is 0 Å². The second-order valence-corrected chi connectivity index (χ2v) is 7.55. The molecule has 2 aromatic carbocycles. The van der Waals surface area contributed by atoms with Crippen LogP contribution in [0.1, 0.15) is 23.0 Å². The molecular weight excluding hydrogens is 414 g/mol. The van der Waals surface area contributed by atoms with Gasteiger partial charge in [-0.2, -0.15) is 4.68 Å². The van der Waals surface area contributed by atoms with Crippen molar-refractivity contribution < 1.29 is 19.0 Å². The van der Waals surface area contributed by atoms with Gasteiger partial charge in [0.25, 0.3) is 0 Å². The molecule has 5 rings (SSSR count). The Morgan fingerprint density at radius 2 is 2.16 bits per heavy atom. The van der Waals surface area contributed by atoms with Crippen molar-refractivity contribution in [2.45, 2.75) is 12.5 Å². The summed E-state index contributed by atoms with van der Waals surface area (Å²) >= 11 is 0. The first-order valence-corrected chi connectivity index (χ1v) is 10.2. The summed E-state index contributed by atoms with van der Waals surface area (Å²) in [6.45, 7) is 0.976. The number of anilines is 1. The highest BCUT2D eigenvalue weighted by atomic mass is 16.7. The average molecular weight is 437 g/mol. The van der Waals surface area contributed by atoms with Gasteiger partial charge in [0, 0.05) is 24.8 Å². The number of ether oxygens (including phenoxy) is 3. The number of nitrogens with one attached hydrogen (secondary N) is 2. The van der Waals surface area contributed by atoms with Gasteiger partial charge >= 0.3 is 6.03 Å². The van der Waals surface area contributed by atoms with E-state index in [1.54, 1.807) is 24.9 Å². The Kier molecular flexibility index (Phi) is 5.02. The van der Waals surface area contributed by atoms with Gasteiger partial charge in [-0.15, -0.1) is 5.10 Å². The number of nitrogens with zero attached hydrogens (tertiary/aromatic N) is 5. The molecule has 0 aliphatic carbocycles. The normalized spacial score (nSPS) is 17.0. The lowest BCUT2D eigenvalue weighted by atomic mass is 9.90. The number of methoxy groups -OCH3 is 1. The number of carbonyl (C=O) groups excluding carboxylic acids is 1. The number of hydrogen-bond donors (Lipinski definition) is 2. The maximum Gasteiger partial charge on any atom is 0.318 e. The van der Waals surface area contributed by atoms with E-state index in [0.29, 0.717) is 28.8 Å². The molecule has 2 aliphatic rings. The molecule has 0 unspecified atom stereocenters. The van der Waals surface area contributed by atoms with Crippen molar-refractivity contribution in [3.05, 3.63) is 47.3 Å². The monoisotopic (exact) mass is 437 g/mol. The second-order valence-electron chi connectivity index (χ2n) is 7.55. The Bertz CT molecular complexity index is 1180. The summed E-state index contributed by atoms with van der Waals surface area (Å²) in [6, 6.07) is 8.78. The molecule has 3 heterocycles. The lowest BCUT2D eigenvalue weighted by Gasteiger charge is -2.34. The molecule has 0 fully saturated rings. The standard InChI is InChI=1S/C21H23N7O4/c1-22-21(29)23-13-5-4-6-14(10-13)28-20(24-25-26-28)17-16-12(7-8-27(17)2)9-15-18(19(16)30-3)32-11-31-15/h4-6,9-10,17H,7-8,11H2,1-3H3,(H2,22,23,29)/t17-/m0/s1. The molecule has 2 amide bonds. The Labute approximate surface area is 184 Å². The number of carbonyl (C=O) groups is 1. The van der Waals surface area contributed by atoms with E-state index in [-0.39, 0.29) is 18.9 Å². The maximum atomic E-state index is 11.7. The summed E-state index contributed by atoms with van der Waals surface area (Å²) in [5, 5.41) is 17.9. The number of benzene rings is 2. The fraction of sp³-hybridized carbons (Fsp3) is 0.333. The van der Waals surface area contributed by atoms with Crippen LogP contribution in [0.25, 0.3) is 5.69 Å². The summed E-state index contributed by atoms with van der Waals surface area (Å²) < 4.78 is 18.8.